The van der Waals surface area contributed by atoms with E-state index in [1.165, 1.54) is 18.2 Å². The van der Waals surface area contributed by atoms with Gasteiger partial charge in [0, 0.05) is 12.1 Å². The molecular weight excluding hydrogens is 391 g/mol. The molecule has 1 aliphatic heterocycles. The van der Waals surface area contributed by atoms with Crippen LogP contribution in [0.4, 0.5) is 5.69 Å². The lowest BCUT2D eigenvalue weighted by Gasteiger charge is -2.02. The molecule has 0 radical (unpaired) electrons. The predicted molar refractivity (Wildman–Crippen MR) is 95.2 cm³/mol. The number of non-ortho nitro benzene ring substituents is 1. The second-order valence-electron chi connectivity index (χ2n) is 4.93. The van der Waals surface area contributed by atoms with Gasteiger partial charge >= 0.3 is 5.97 Å². The molecule has 0 fully saturated rings. The van der Waals surface area contributed by atoms with Gasteiger partial charge in [-0.05, 0) is 29.8 Å². The minimum Gasteiger partial charge on any atom is -0.402 e. The number of esters is 1. The molecule has 1 heterocycles. The number of halogens is 3. The average molecular weight is 398 g/mol. The van der Waals surface area contributed by atoms with Gasteiger partial charge in [-0.25, -0.2) is 9.79 Å². The van der Waals surface area contributed by atoms with Gasteiger partial charge in [-0.1, -0.05) is 40.9 Å². The Morgan fingerprint density at radius 2 is 1.80 bits per heavy atom. The van der Waals surface area contributed by atoms with Crippen molar-refractivity contribution in [3.63, 3.8) is 0 Å². The van der Waals surface area contributed by atoms with Crippen LogP contribution in [0.1, 0.15) is 11.1 Å². The molecule has 0 aliphatic carbocycles. The van der Waals surface area contributed by atoms with Crippen LogP contribution in [0.5, 0.6) is 0 Å². The summed E-state index contributed by atoms with van der Waals surface area (Å²) >= 11 is 17.8. The molecule has 2 aromatic rings. The number of rotatable bonds is 3. The Kier molecular flexibility index (Phi) is 4.76. The molecule has 0 aromatic heterocycles. The zero-order valence-corrected chi connectivity index (χ0v) is 14.5. The molecule has 9 heteroatoms. The van der Waals surface area contributed by atoms with Gasteiger partial charge in [0.15, 0.2) is 5.70 Å². The number of benzene rings is 2. The first-order valence-electron chi connectivity index (χ1n) is 6.77. The minimum absolute atomic E-state index is 0.0313. The summed E-state index contributed by atoms with van der Waals surface area (Å²) in [5.41, 5.74) is 0.757. The van der Waals surface area contributed by atoms with E-state index in [2.05, 4.69) is 4.99 Å². The molecule has 0 spiro atoms. The van der Waals surface area contributed by atoms with E-state index in [1.54, 1.807) is 18.2 Å². The van der Waals surface area contributed by atoms with Crippen LogP contribution in [0, 0.1) is 10.1 Å². The molecule has 3 rings (SSSR count). The smallest absolute Gasteiger partial charge is 0.363 e. The molecule has 0 saturated heterocycles. The normalized spacial score (nSPS) is 15.2. The van der Waals surface area contributed by atoms with Crippen molar-refractivity contribution >= 4 is 58.4 Å². The maximum Gasteiger partial charge on any atom is 0.363 e. The number of nitrogens with zero attached hydrogens (tertiary/aromatic N) is 2. The summed E-state index contributed by atoms with van der Waals surface area (Å²) < 4.78 is 5.10. The van der Waals surface area contributed by atoms with Crippen molar-refractivity contribution in [3.8, 4) is 0 Å². The summed E-state index contributed by atoms with van der Waals surface area (Å²) in [5, 5.41) is 11.5. The number of hydrogen-bond donors (Lipinski definition) is 0. The number of hydrogen-bond acceptors (Lipinski definition) is 5. The van der Waals surface area contributed by atoms with Gasteiger partial charge in [0.05, 0.1) is 25.6 Å². The third-order valence-electron chi connectivity index (χ3n) is 3.26. The second-order valence-corrected chi connectivity index (χ2v) is 6.15. The lowest BCUT2D eigenvalue weighted by molar-refractivity contribution is -0.384. The molecule has 0 saturated carbocycles. The lowest BCUT2D eigenvalue weighted by Crippen LogP contribution is -2.06. The Balaban J connectivity index is 1.96. The van der Waals surface area contributed by atoms with Gasteiger partial charge in [-0.3, -0.25) is 10.1 Å². The largest absolute Gasteiger partial charge is 0.402 e. The van der Waals surface area contributed by atoms with Gasteiger partial charge in [0.2, 0.25) is 5.90 Å². The van der Waals surface area contributed by atoms with Crippen LogP contribution in [0.2, 0.25) is 15.1 Å². The summed E-state index contributed by atoms with van der Waals surface area (Å²) in [6.45, 7) is 0. The van der Waals surface area contributed by atoms with Crippen LogP contribution < -0.4 is 0 Å². The number of carbonyl (C=O) groups is 1. The molecule has 0 amide bonds. The third-order valence-corrected chi connectivity index (χ3v) is 4.31. The molecule has 2 aromatic carbocycles. The van der Waals surface area contributed by atoms with E-state index in [-0.39, 0.29) is 27.9 Å². The molecule has 126 valence electrons. The number of nitro benzene ring substituents is 1. The summed E-state index contributed by atoms with van der Waals surface area (Å²) in [4.78, 5) is 26.3. The van der Waals surface area contributed by atoms with Gasteiger partial charge in [-0.15, -0.1) is 0 Å². The molecule has 1 aliphatic rings. The molecule has 0 N–H and O–H groups in total. The van der Waals surface area contributed by atoms with Crippen molar-refractivity contribution in [2.75, 3.05) is 0 Å². The van der Waals surface area contributed by atoms with Crippen molar-refractivity contribution in [3.05, 3.63) is 78.4 Å². The molecule has 0 atom stereocenters. The SMILES string of the molecule is O=C1OC(c2ccc([N+](=O)[O-])cc2Cl)=NC1=Cc1ccc(Cl)c(Cl)c1. The first-order chi connectivity index (χ1) is 11.8. The fourth-order valence-electron chi connectivity index (χ4n) is 2.08. The number of cyclic esters (lactones) is 1. The highest BCUT2D eigenvalue weighted by Crippen LogP contribution is 2.28. The van der Waals surface area contributed by atoms with Gasteiger partial charge in [0.25, 0.3) is 5.69 Å². The van der Waals surface area contributed by atoms with Crippen LogP contribution >= 0.6 is 34.8 Å². The highest BCUT2D eigenvalue weighted by atomic mass is 35.5. The summed E-state index contributed by atoms with van der Waals surface area (Å²) in [6, 6.07) is 8.62. The third kappa shape index (κ3) is 3.66. The van der Waals surface area contributed by atoms with Crippen LogP contribution in [0.3, 0.4) is 0 Å². The second kappa shape index (κ2) is 6.84. The molecule has 0 unspecified atom stereocenters. The Morgan fingerprint density at radius 3 is 2.44 bits per heavy atom. The van der Waals surface area contributed by atoms with Gasteiger partial charge in [0.1, 0.15) is 0 Å². The highest BCUT2D eigenvalue weighted by Gasteiger charge is 2.26. The quantitative estimate of drug-likeness (QED) is 0.319. The maximum absolute atomic E-state index is 12.0. The molecule has 0 bridgehead atoms. The van der Waals surface area contributed by atoms with Crippen molar-refractivity contribution < 1.29 is 14.5 Å². The summed E-state index contributed by atoms with van der Waals surface area (Å²) in [7, 11) is 0. The predicted octanol–water partition coefficient (Wildman–Crippen LogP) is 4.90. The Bertz CT molecular complexity index is 970. The molecule has 25 heavy (non-hydrogen) atoms. The van der Waals surface area contributed by atoms with E-state index in [0.717, 1.165) is 6.07 Å². The minimum atomic E-state index is -0.671. The Hall–Kier alpha value is -2.41. The van der Waals surface area contributed by atoms with Crippen molar-refractivity contribution in [2.24, 2.45) is 4.99 Å². The zero-order chi connectivity index (χ0) is 18.1. The van der Waals surface area contributed by atoms with E-state index in [4.69, 9.17) is 39.5 Å². The first kappa shape index (κ1) is 17.4. The van der Waals surface area contributed by atoms with E-state index in [1.807, 2.05) is 0 Å². The number of aliphatic imine (C=N–C) groups is 1. The van der Waals surface area contributed by atoms with E-state index in [9.17, 15) is 14.9 Å². The fraction of sp³-hybridized carbons (Fsp3) is 0. The molecule has 6 nitrogen and oxygen atoms in total. The van der Waals surface area contributed by atoms with Crippen LogP contribution in [0.25, 0.3) is 6.08 Å². The average Bonchev–Trinajstić information content (AvgIpc) is 2.91. The van der Waals surface area contributed by atoms with Crippen LogP contribution in [-0.4, -0.2) is 16.8 Å². The number of ether oxygens (including phenoxy) is 1. The monoisotopic (exact) mass is 396 g/mol. The van der Waals surface area contributed by atoms with E-state index in [0.29, 0.717) is 15.6 Å². The van der Waals surface area contributed by atoms with Crippen LogP contribution in [-0.2, 0) is 9.53 Å². The molecular formula is C16H7Cl3N2O4. The maximum atomic E-state index is 12.0. The standard InChI is InChI=1S/C16H7Cl3N2O4/c17-11-4-1-8(5-13(11)19)6-14-16(22)25-15(20-14)10-3-2-9(21(23)24)7-12(10)18/h1-7H. The van der Waals surface area contributed by atoms with E-state index >= 15 is 0 Å². The Morgan fingerprint density at radius 1 is 1.04 bits per heavy atom. The first-order valence-corrected chi connectivity index (χ1v) is 7.90. The lowest BCUT2D eigenvalue weighted by atomic mass is 10.2. The number of nitro groups is 1. The Labute approximate surface area is 156 Å². The highest BCUT2D eigenvalue weighted by molar-refractivity contribution is 6.42. The van der Waals surface area contributed by atoms with Crippen LogP contribution in [0.15, 0.2) is 47.1 Å². The van der Waals surface area contributed by atoms with Crippen molar-refractivity contribution in [1.29, 1.82) is 0 Å². The van der Waals surface area contributed by atoms with Gasteiger partial charge < -0.3 is 4.74 Å². The van der Waals surface area contributed by atoms with Crippen molar-refractivity contribution in [1.82, 2.24) is 0 Å². The van der Waals surface area contributed by atoms with Gasteiger partial charge in [-0.2, -0.15) is 0 Å². The van der Waals surface area contributed by atoms with E-state index < -0.39 is 10.9 Å². The summed E-state index contributed by atoms with van der Waals surface area (Å²) in [5.74, 6) is -0.702. The number of carbonyl (C=O) groups excluding carboxylic acids is 1. The zero-order valence-electron chi connectivity index (χ0n) is 12.2. The summed E-state index contributed by atoms with van der Waals surface area (Å²) in [6.07, 6.45) is 1.48. The van der Waals surface area contributed by atoms with Crippen molar-refractivity contribution in [2.45, 2.75) is 0 Å². The topological polar surface area (TPSA) is 81.8 Å². The fourth-order valence-corrected chi connectivity index (χ4v) is 2.64.